The molecule has 2 atom stereocenters. The maximum atomic E-state index is 13.6. The van der Waals surface area contributed by atoms with Gasteiger partial charge in [0.25, 0.3) is 0 Å². The van der Waals surface area contributed by atoms with E-state index in [2.05, 4.69) is 15.9 Å². The molecule has 0 aliphatic heterocycles. The molecule has 18 heavy (non-hydrogen) atoms. The molecule has 0 aromatic heterocycles. The zero-order chi connectivity index (χ0) is 13.4. The molecule has 0 bridgehead atoms. The van der Waals surface area contributed by atoms with E-state index in [0.29, 0.717) is 4.47 Å². The Morgan fingerprint density at radius 1 is 1.22 bits per heavy atom. The normalized spacial score (nSPS) is 14.9. The maximum Gasteiger partial charge on any atom is 0.132 e. The monoisotopic (exact) mass is 343 g/mol. The Kier molecular flexibility index (Phi) is 6.20. The van der Waals surface area contributed by atoms with Crippen LogP contribution in [-0.2, 0) is 0 Å². The highest BCUT2D eigenvalue weighted by atomic mass is 79.9. The fraction of sp³-hybridized carbons (Fsp3) is 0.500. The highest BCUT2D eigenvalue weighted by Crippen LogP contribution is 2.32. The van der Waals surface area contributed by atoms with Crippen LogP contribution in [0.4, 0.5) is 8.78 Å². The number of hydrogen-bond donors (Lipinski definition) is 2. The Morgan fingerprint density at radius 3 is 1.94 bits per heavy atom. The summed E-state index contributed by atoms with van der Waals surface area (Å²) in [4.78, 5) is 0. The van der Waals surface area contributed by atoms with Crippen LogP contribution in [0.3, 0.4) is 0 Å². The van der Waals surface area contributed by atoms with Crippen LogP contribution in [-0.4, -0.2) is 11.2 Å². The van der Waals surface area contributed by atoms with Gasteiger partial charge in [-0.3, -0.25) is 0 Å². The zero-order valence-corrected chi connectivity index (χ0v) is 12.8. The first kappa shape index (κ1) is 17.8. The molecule has 0 spiro atoms. The van der Waals surface area contributed by atoms with E-state index in [4.69, 9.17) is 5.73 Å². The van der Waals surface area contributed by atoms with E-state index < -0.39 is 29.2 Å². The Bertz CT molecular complexity index is 400. The second kappa shape index (κ2) is 6.28. The first-order valence-electron chi connectivity index (χ1n) is 5.22. The van der Waals surface area contributed by atoms with E-state index in [1.165, 1.54) is 0 Å². The zero-order valence-electron chi connectivity index (χ0n) is 10.4. The quantitative estimate of drug-likeness (QED) is 0.862. The third-order valence-electron chi connectivity index (χ3n) is 2.60. The third kappa shape index (κ3) is 3.88. The van der Waals surface area contributed by atoms with Crippen LogP contribution in [0.15, 0.2) is 16.6 Å². The van der Waals surface area contributed by atoms with E-state index >= 15 is 0 Å². The standard InChI is InChI=1S/C12H16BrF2NO.ClH/c1-12(2,3)11(17)10(16)9-7(14)4-6(13)5-8(9)15;/h4-5,10-11,17H,16H2,1-3H3;1H/t10-,11-;/m1./s1. The molecule has 0 saturated heterocycles. The lowest BCUT2D eigenvalue weighted by atomic mass is 9.82. The van der Waals surface area contributed by atoms with Crippen molar-refractivity contribution in [3.63, 3.8) is 0 Å². The summed E-state index contributed by atoms with van der Waals surface area (Å²) in [6, 6.07) is 1.17. The van der Waals surface area contributed by atoms with E-state index in [1.54, 1.807) is 20.8 Å². The van der Waals surface area contributed by atoms with Crippen molar-refractivity contribution < 1.29 is 13.9 Å². The van der Waals surface area contributed by atoms with Gasteiger partial charge in [0.15, 0.2) is 0 Å². The van der Waals surface area contributed by atoms with Crippen molar-refractivity contribution in [1.82, 2.24) is 0 Å². The van der Waals surface area contributed by atoms with Crippen LogP contribution in [0.2, 0.25) is 0 Å². The maximum absolute atomic E-state index is 13.6. The topological polar surface area (TPSA) is 46.2 Å². The second-order valence-corrected chi connectivity index (χ2v) is 6.04. The molecule has 0 unspecified atom stereocenters. The minimum Gasteiger partial charge on any atom is -0.391 e. The summed E-state index contributed by atoms with van der Waals surface area (Å²) in [6.07, 6.45) is -1.03. The van der Waals surface area contributed by atoms with Gasteiger partial charge in [-0.15, -0.1) is 12.4 Å². The molecule has 2 nitrogen and oxygen atoms in total. The molecular weight excluding hydrogens is 327 g/mol. The Balaban J connectivity index is 0.00000289. The summed E-state index contributed by atoms with van der Waals surface area (Å²) in [5, 5.41) is 9.96. The van der Waals surface area contributed by atoms with Crippen LogP contribution in [0.1, 0.15) is 32.4 Å². The van der Waals surface area contributed by atoms with Gasteiger partial charge in [0.05, 0.1) is 12.1 Å². The largest absolute Gasteiger partial charge is 0.391 e. The first-order chi connectivity index (χ1) is 7.64. The molecule has 1 rings (SSSR count). The van der Waals surface area contributed by atoms with Gasteiger partial charge in [0.2, 0.25) is 0 Å². The molecule has 0 amide bonds. The molecule has 3 N–H and O–H groups in total. The molecule has 1 aromatic carbocycles. The van der Waals surface area contributed by atoms with Crippen LogP contribution in [0, 0.1) is 17.0 Å². The molecule has 1 aromatic rings. The molecule has 0 saturated carbocycles. The van der Waals surface area contributed by atoms with Gasteiger partial charge >= 0.3 is 0 Å². The van der Waals surface area contributed by atoms with E-state index in [0.717, 1.165) is 12.1 Å². The van der Waals surface area contributed by atoms with Crippen molar-refractivity contribution in [2.24, 2.45) is 11.1 Å². The number of benzene rings is 1. The number of nitrogens with two attached hydrogens (primary N) is 1. The lowest BCUT2D eigenvalue weighted by Gasteiger charge is -2.31. The number of rotatable bonds is 2. The smallest absolute Gasteiger partial charge is 0.132 e. The fourth-order valence-corrected chi connectivity index (χ4v) is 1.97. The van der Waals surface area contributed by atoms with Gasteiger partial charge in [-0.1, -0.05) is 36.7 Å². The first-order valence-corrected chi connectivity index (χ1v) is 6.02. The Labute approximate surface area is 120 Å². The summed E-state index contributed by atoms with van der Waals surface area (Å²) in [5.74, 6) is -1.51. The predicted molar refractivity (Wildman–Crippen MR) is 73.7 cm³/mol. The van der Waals surface area contributed by atoms with Crippen molar-refractivity contribution in [2.45, 2.75) is 32.9 Å². The van der Waals surface area contributed by atoms with Crippen molar-refractivity contribution in [3.8, 4) is 0 Å². The van der Waals surface area contributed by atoms with Crippen LogP contribution in [0.25, 0.3) is 0 Å². The summed E-state index contributed by atoms with van der Waals surface area (Å²) >= 11 is 2.99. The molecular formula is C12H17BrClF2NO. The van der Waals surface area contributed by atoms with E-state index in [-0.39, 0.29) is 18.0 Å². The van der Waals surface area contributed by atoms with Gasteiger partial charge < -0.3 is 10.8 Å². The predicted octanol–water partition coefficient (Wildman–Crippen LogP) is 3.56. The van der Waals surface area contributed by atoms with Gasteiger partial charge in [0.1, 0.15) is 11.6 Å². The molecule has 0 radical (unpaired) electrons. The lowest BCUT2D eigenvalue weighted by molar-refractivity contribution is 0.0381. The molecule has 0 aliphatic carbocycles. The van der Waals surface area contributed by atoms with Crippen molar-refractivity contribution in [2.75, 3.05) is 0 Å². The van der Waals surface area contributed by atoms with Gasteiger partial charge in [-0.25, -0.2) is 8.78 Å². The molecule has 6 heteroatoms. The SMILES string of the molecule is CC(C)(C)[C@H](O)[C@H](N)c1c(F)cc(Br)cc1F.Cl. The summed E-state index contributed by atoms with van der Waals surface area (Å²) in [6.45, 7) is 5.27. The third-order valence-corrected chi connectivity index (χ3v) is 3.06. The fourth-order valence-electron chi connectivity index (χ4n) is 1.57. The Hall–Kier alpha value is -0.230. The Morgan fingerprint density at radius 2 is 1.61 bits per heavy atom. The highest BCUT2D eigenvalue weighted by Gasteiger charge is 2.32. The molecule has 0 heterocycles. The number of aliphatic hydroxyl groups is 1. The van der Waals surface area contributed by atoms with Crippen LogP contribution in [0.5, 0.6) is 0 Å². The lowest BCUT2D eigenvalue weighted by Crippen LogP contribution is -2.38. The van der Waals surface area contributed by atoms with E-state index in [9.17, 15) is 13.9 Å². The summed E-state index contributed by atoms with van der Waals surface area (Å²) in [5.41, 5.74) is 4.90. The van der Waals surface area contributed by atoms with Crippen molar-refractivity contribution in [1.29, 1.82) is 0 Å². The second-order valence-electron chi connectivity index (χ2n) is 5.12. The number of hydrogen-bond acceptors (Lipinski definition) is 2. The summed E-state index contributed by atoms with van der Waals surface area (Å²) < 4.78 is 27.6. The van der Waals surface area contributed by atoms with Crippen molar-refractivity contribution >= 4 is 28.3 Å². The molecule has 0 aliphatic rings. The highest BCUT2D eigenvalue weighted by molar-refractivity contribution is 9.10. The van der Waals surface area contributed by atoms with Gasteiger partial charge in [-0.05, 0) is 17.5 Å². The average molecular weight is 345 g/mol. The summed E-state index contributed by atoms with van der Waals surface area (Å²) in [7, 11) is 0. The van der Waals surface area contributed by atoms with Crippen LogP contribution < -0.4 is 5.73 Å². The number of aliphatic hydroxyl groups excluding tert-OH is 1. The van der Waals surface area contributed by atoms with Crippen LogP contribution >= 0.6 is 28.3 Å². The van der Waals surface area contributed by atoms with Gasteiger partial charge in [0, 0.05) is 10.0 Å². The average Bonchev–Trinajstić information content (AvgIpc) is 2.13. The minimum atomic E-state index is -1.09. The van der Waals surface area contributed by atoms with E-state index in [1.807, 2.05) is 0 Å². The molecule has 0 fully saturated rings. The van der Waals surface area contributed by atoms with Gasteiger partial charge in [-0.2, -0.15) is 0 Å². The van der Waals surface area contributed by atoms with Crippen molar-refractivity contribution in [3.05, 3.63) is 33.8 Å². The number of halogens is 4. The minimum absolute atomic E-state index is 0. The molecule has 104 valence electrons.